The standard InChI is InChI=1S/C17H29NO/c1-7-18(17(19)13-15(4)5)12-11-16(6)10-8-9-14(2)3/h9,11,13H,7-8,10,12H2,1-6H3/b16-11+. The van der Waals surface area contributed by atoms with Crippen LogP contribution in [-0.2, 0) is 4.79 Å². The van der Waals surface area contributed by atoms with Gasteiger partial charge in [0.05, 0.1) is 0 Å². The van der Waals surface area contributed by atoms with E-state index in [4.69, 9.17) is 0 Å². The molecule has 0 bridgehead atoms. The van der Waals surface area contributed by atoms with E-state index in [0.717, 1.165) is 25.0 Å². The molecule has 0 aromatic heterocycles. The van der Waals surface area contributed by atoms with E-state index in [-0.39, 0.29) is 5.91 Å². The number of nitrogens with zero attached hydrogens (tertiary/aromatic N) is 1. The molecule has 0 N–H and O–H groups in total. The summed E-state index contributed by atoms with van der Waals surface area (Å²) < 4.78 is 0. The fourth-order valence-electron chi connectivity index (χ4n) is 1.67. The number of rotatable bonds is 7. The molecule has 0 aromatic rings. The lowest BCUT2D eigenvalue weighted by Gasteiger charge is -2.17. The van der Waals surface area contributed by atoms with Crippen molar-refractivity contribution in [2.24, 2.45) is 0 Å². The third-order valence-corrected chi connectivity index (χ3v) is 2.86. The van der Waals surface area contributed by atoms with Crippen molar-refractivity contribution < 1.29 is 4.79 Å². The Hall–Kier alpha value is -1.31. The van der Waals surface area contributed by atoms with Gasteiger partial charge >= 0.3 is 0 Å². The van der Waals surface area contributed by atoms with Crippen LogP contribution in [0.3, 0.4) is 0 Å². The Balaban J connectivity index is 4.36. The Morgan fingerprint density at radius 3 is 2.11 bits per heavy atom. The van der Waals surface area contributed by atoms with Crippen LogP contribution in [-0.4, -0.2) is 23.9 Å². The van der Waals surface area contributed by atoms with Gasteiger partial charge in [0.15, 0.2) is 0 Å². The van der Waals surface area contributed by atoms with E-state index in [1.165, 1.54) is 11.1 Å². The molecule has 0 aliphatic heterocycles. The van der Waals surface area contributed by atoms with Crippen molar-refractivity contribution in [2.75, 3.05) is 13.1 Å². The van der Waals surface area contributed by atoms with Crippen LogP contribution >= 0.6 is 0 Å². The highest BCUT2D eigenvalue weighted by molar-refractivity contribution is 5.88. The molecule has 0 unspecified atom stereocenters. The van der Waals surface area contributed by atoms with Crippen LogP contribution in [0.4, 0.5) is 0 Å². The Labute approximate surface area is 118 Å². The maximum atomic E-state index is 11.9. The Kier molecular flexibility index (Phi) is 8.94. The molecule has 0 spiro atoms. The number of amides is 1. The van der Waals surface area contributed by atoms with Gasteiger partial charge in [-0.1, -0.05) is 28.9 Å². The highest BCUT2D eigenvalue weighted by Crippen LogP contribution is 2.07. The van der Waals surface area contributed by atoms with E-state index >= 15 is 0 Å². The second kappa shape index (κ2) is 9.60. The summed E-state index contributed by atoms with van der Waals surface area (Å²) in [5, 5.41) is 0. The van der Waals surface area contributed by atoms with Crippen molar-refractivity contribution in [2.45, 2.75) is 54.4 Å². The molecule has 1 amide bonds. The summed E-state index contributed by atoms with van der Waals surface area (Å²) >= 11 is 0. The minimum Gasteiger partial charge on any atom is -0.336 e. The van der Waals surface area contributed by atoms with Gasteiger partial charge in [0.1, 0.15) is 0 Å². The third kappa shape index (κ3) is 9.29. The normalized spacial score (nSPS) is 10.9. The van der Waals surface area contributed by atoms with Crippen molar-refractivity contribution in [3.05, 3.63) is 34.9 Å². The van der Waals surface area contributed by atoms with E-state index in [9.17, 15) is 4.79 Å². The average molecular weight is 263 g/mol. The zero-order valence-corrected chi connectivity index (χ0v) is 13.4. The summed E-state index contributed by atoms with van der Waals surface area (Å²) in [6.07, 6.45) is 8.27. The van der Waals surface area contributed by atoms with Crippen molar-refractivity contribution in [1.29, 1.82) is 0 Å². The first kappa shape index (κ1) is 17.7. The molecule has 2 heteroatoms. The molecule has 0 radical (unpaired) electrons. The zero-order chi connectivity index (χ0) is 14.8. The molecule has 0 aliphatic carbocycles. The Morgan fingerprint density at radius 2 is 1.63 bits per heavy atom. The summed E-state index contributed by atoms with van der Waals surface area (Å²) in [7, 11) is 0. The lowest BCUT2D eigenvalue weighted by molar-refractivity contribution is -0.125. The number of carbonyl (C=O) groups excluding carboxylic acids is 1. The Morgan fingerprint density at radius 1 is 1.00 bits per heavy atom. The second-order valence-corrected chi connectivity index (χ2v) is 5.47. The molecule has 0 fully saturated rings. The van der Waals surface area contributed by atoms with Gasteiger partial charge in [-0.05, 0) is 54.4 Å². The fourth-order valence-corrected chi connectivity index (χ4v) is 1.67. The molecule has 2 nitrogen and oxygen atoms in total. The van der Waals surface area contributed by atoms with E-state index in [0.29, 0.717) is 6.54 Å². The van der Waals surface area contributed by atoms with Crippen LogP contribution < -0.4 is 0 Å². The summed E-state index contributed by atoms with van der Waals surface area (Å²) in [5.41, 5.74) is 3.76. The first-order valence-electron chi connectivity index (χ1n) is 7.09. The summed E-state index contributed by atoms with van der Waals surface area (Å²) in [6.45, 7) is 13.8. The van der Waals surface area contributed by atoms with Crippen LogP contribution in [0.25, 0.3) is 0 Å². The lowest BCUT2D eigenvalue weighted by atomic mass is 10.1. The highest BCUT2D eigenvalue weighted by atomic mass is 16.2. The van der Waals surface area contributed by atoms with Gasteiger partial charge in [-0.2, -0.15) is 0 Å². The molecule has 0 heterocycles. The number of carbonyl (C=O) groups is 1. The summed E-state index contributed by atoms with van der Waals surface area (Å²) in [4.78, 5) is 13.8. The Bertz CT molecular complexity index is 367. The van der Waals surface area contributed by atoms with Gasteiger partial charge in [-0.3, -0.25) is 4.79 Å². The summed E-state index contributed by atoms with van der Waals surface area (Å²) in [5.74, 6) is 0.107. The SMILES string of the molecule is CCN(C/C=C(\C)CCC=C(C)C)C(=O)C=C(C)C. The predicted molar refractivity (Wildman–Crippen MR) is 84.1 cm³/mol. The fraction of sp³-hybridized carbons (Fsp3) is 0.588. The van der Waals surface area contributed by atoms with E-state index < -0.39 is 0 Å². The first-order valence-corrected chi connectivity index (χ1v) is 7.09. The third-order valence-electron chi connectivity index (χ3n) is 2.86. The highest BCUT2D eigenvalue weighted by Gasteiger charge is 2.06. The number of hydrogen-bond donors (Lipinski definition) is 0. The molecule has 0 rings (SSSR count). The van der Waals surface area contributed by atoms with E-state index in [1.807, 2.05) is 25.7 Å². The molecule has 0 saturated heterocycles. The van der Waals surface area contributed by atoms with Gasteiger partial charge in [-0.25, -0.2) is 0 Å². The van der Waals surface area contributed by atoms with Crippen LogP contribution in [0.2, 0.25) is 0 Å². The maximum Gasteiger partial charge on any atom is 0.246 e. The van der Waals surface area contributed by atoms with Crippen molar-refractivity contribution in [1.82, 2.24) is 4.90 Å². The van der Waals surface area contributed by atoms with Crippen LogP contribution in [0.1, 0.15) is 54.4 Å². The smallest absolute Gasteiger partial charge is 0.246 e. The number of hydrogen-bond acceptors (Lipinski definition) is 1. The number of allylic oxidation sites excluding steroid dienone is 4. The molecule has 0 aromatic carbocycles. The van der Waals surface area contributed by atoms with Crippen LogP contribution in [0, 0.1) is 0 Å². The van der Waals surface area contributed by atoms with Gasteiger partial charge in [-0.15, -0.1) is 0 Å². The van der Waals surface area contributed by atoms with Gasteiger partial charge < -0.3 is 4.90 Å². The second-order valence-electron chi connectivity index (χ2n) is 5.47. The molecule has 108 valence electrons. The van der Waals surface area contributed by atoms with Gasteiger partial charge in [0.2, 0.25) is 5.91 Å². The van der Waals surface area contributed by atoms with Crippen LogP contribution in [0.5, 0.6) is 0 Å². The minimum atomic E-state index is 0.107. The summed E-state index contributed by atoms with van der Waals surface area (Å²) in [6, 6.07) is 0. The zero-order valence-electron chi connectivity index (χ0n) is 13.4. The molecular weight excluding hydrogens is 234 g/mol. The van der Waals surface area contributed by atoms with Crippen molar-refractivity contribution >= 4 is 5.91 Å². The van der Waals surface area contributed by atoms with Crippen LogP contribution in [0.15, 0.2) is 34.9 Å². The molecule has 19 heavy (non-hydrogen) atoms. The average Bonchev–Trinajstić information content (AvgIpc) is 2.28. The quantitative estimate of drug-likeness (QED) is 0.489. The maximum absolute atomic E-state index is 11.9. The molecule has 0 atom stereocenters. The predicted octanol–water partition coefficient (Wildman–Crippen LogP) is 4.49. The van der Waals surface area contributed by atoms with E-state index in [1.54, 1.807) is 6.08 Å². The lowest BCUT2D eigenvalue weighted by Crippen LogP contribution is -2.29. The van der Waals surface area contributed by atoms with Crippen molar-refractivity contribution in [3.8, 4) is 0 Å². The molecule has 0 aliphatic rings. The van der Waals surface area contributed by atoms with Crippen molar-refractivity contribution in [3.63, 3.8) is 0 Å². The minimum absolute atomic E-state index is 0.107. The molecule has 0 saturated carbocycles. The molecular formula is C17H29NO. The number of likely N-dealkylation sites (N-methyl/N-ethyl adjacent to an activating group) is 1. The van der Waals surface area contributed by atoms with E-state index in [2.05, 4.69) is 32.9 Å². The topological polar surface area (TPSA) is 20.3 Å². The largest absolute Gasteiger partial charge is 0.336 e. The first-order chi connectivity index (χ1) is 8.86. The van der Waals surface area contributed by atoms with Gasteiger partial charge in [0.25, 0.3) is 0 Å². The van der Waals surface area contributed by atoms with Gasteiger partial charge in [0, 0.05) is 19.2 Å². The monoisotopic (exact) mass is 263 g/mol.